The number of nitrogens with two attached hydrogens (primary N) is 1. The molecule has 1 rings (SSSR count). The smallest absolute Gasteiger partial charge is 0.310 e. The van der Waals surface area contributed by atoms with Crippen LogP contribution in [-0.2, 0) is 25.8 Å². The lowest BCUT2D eigenvalue weighted by Crippen LogP contribution is -2.09. The van der Waals surface area contributed by atoms with E-state index in [4.69, 9.17) is 10.5 Å². The quantitative estimate of drug-likeness (QED) is 0.636. The second kappa shape index (κ2) is 5.18. The van der Waals surface area contributed by atoms with Crippen molar-refractivity contribution in [2.75, 3.05) is 18.6 Å². The third-order valence-electron chi connectivity index (χ3n) is 2.13. The van der Waals surface area contributed by atoms with Crippen molar-refractivity contribution in [2.45, 2.75) is 18.2 Å². The van der Waals surface area contributed by atoms with Gasteiger partial charge >= 0.3 is 5.97 Å². The zero-order valence-corrected chi connectivity index (χ0v) is 10.6. The van der Waals surface area contributed by atoms with Crippen LogP contribution in [0.3, 0.4) is 0 Å². The van der Waals surface area contributed by atoms with Gasteiger partial charge in [-0.2, -0.15) is 0 Å². The number of benzene rings is 1. The number of esters is 1. The zero-order chi connectivity index (χ0) is 13.1. The molecule has 0 bridgehead atoms. The number of anilines is 1. The highest BCUT2D eigenvalue weighted by Crippen LogP contribution is 2.20. The van der Waals surface area contributed by atoms with E-state index in [-0.39, 0.29) is 17.0 Å². The second-order valence-electron chi connectivity index (χ2n) is 3.63. The van der Waals surface area contributed by atoms with Crippen LogP contribution in [0.25, 0.3) is 0 Å². The highest BCUT2D eigenvalue weighted by molar-refractivity contribution is 7.90. The third-order valence-corrected chi connectivity index (χ3v) is 3.28. The van der Waals surface area contributed by atoms with Gasteiger partial charge in [-0.15, -0.1) is 0 Å². The van der Waals surface area contributed by atoms with Gasteiger partial charge in [-0.3, -0.25) is 4.79 Å². The summed E-state index contributed by atoms with van der Waals surface area (Å²) >= 11 is 0. The molecule has 0 saturated heterocycles. The Morgan fingerprint density at radius 1 is 1.41 bits per heavy atom. The average Bonchev–Trinajstić information content (AvgIpc) is 2.19. The lowest BCUT2D eigenvalue weighted by Gasteiger charge is -2.07. The maximum Gasteiger partial charge on any atom is 0.310 e. The van der Waals surface area contributed by atoms with Crippen molar-refractivity contribution in [2.24, 2.45) is 0 Å². The van der Waals surface area contributed by atoms with Crippen LogP contribution in [0.2, 0.25) is 0 Å². The predicted octanol–water partition coefficient (Wildman–Crippen LogP) is 0.778. The Bertz CT molecular complexity index is 522. The molecule has 1 aromatic carbocycles. The largest absolute Gasteiger partial charge is 0.466 e. The third kappa shape index (κ3) is 3.74. The maximum absolute atomic E-state index is 11.4. The van der Waals surface area contributed by atoms with E-state index in [0.29, 0.717) is 12.2 Å². The summed E-state index contributed by atoms with van der Waals surface area (Å²) in [5, 5.41) is 0. The molecule has 0 saturated carbocycles. The molecule has 0 aliphatic heterocycles. The normalized spacial score (nSPS) is 11.2. The summed E-state index contributed by atoms with van der Waals surface area (Å²) in [4.78, 5) is 11.3. The minimum absolute atomic E-state index is 0.0383. The minimum atomic E-state index is -3.38. The molecular weight excluding hydrogens is 242 g/mol. The summed E-state index contributed by atoms with van der Waals surface area (Å²) in [6.45, 7) is 2.01. The van der Waals surface area contributed by atoms with Gasteiger partial charge in [-0.05, 0) is 24.6 Å². The number of rotatable bonds is 4. The summed E-state index contributed by atoms with van der Waals surface area (Å²) in [5.41, 5.74) is 6.32. The number of carbonyl (C=O) groups excluding carboxylic acids is 1. The van der Waals surface area contributed by atoms with Gasteiger partial charge in [-0.25, -0.2) is 8.42 Å². The standard InChI is InChI=1S/C11H15NO4S/c1-3-16-11(13)7-8-4-5-9(12)10(6-8)17(2,14)15/h4-6H,3,7,12H2,1-2H3. The summed E-state index contributed by atoms with van der Waals surface area (Å²) in [5.74, 6) is -0.392. The van der Waals surface area contributed by atoms with Crippen molar-refractivity contribution >= 4 is 21.5 Å². The summed E-state index contributed by atoms with van der Waals surface area (Å²) in [6, 6.07) is 4.49. The fraction of sp³-hybridized carbons (Fsp3) is 0.364. The lowest BCUT2D eigenvalue weighted by molar-refractivity contribution is -0.142. The van der Waals surface area contributed by atoms with E-state index >= 15 is 0 Å². The Labute approximate surface area is 100 Å². The van der Waals surface area contributed by atoms with Gasteiger partial charge in [0.25, 0.3) is 0 Å². The van der Waals surface area contributed by atoms with E-state index in [1.165, 1.54) is 12.1 Å². The highest BCUT2D eigenvalue weighted by atomic mass is 32.2. The van der Waals surface area contributed by atoms with E-state index < -0.39 is 15.8 Å². The van der Waals surface area contributed by atoms with Crippen LogP contribution in [0.4, 0.5) is 5.69 Å². The van der Waals surface area contributed by atoms with E-state index in [1.807, 2.05) is 0 Å². The first-order valence-electron chi connectivity index (χ1n) is 5.08. The molecule has 0 spiro atoms. The fourth-order valence-electron chi connectivity index (χ4n) is 1.39. The van der Waals surface area contributed by atoms with Crippen LogP contribution in [-0.4, -0.2) is 27.2 Å². The average molecular weight is 257 g/mol. The first-order chi connectivity index (χ1) is 7.84. The lowest BCUT2D eigenvalue weighted by atomic mass is 10.1. The fourth-order valence-corrected chi connectivity index (χ4v) is 2.25. The Morgan fingerprint density at radius 2 is 2.06 bits per heavy atom. The number of carbonyl (C=O) groups is 1. The topological polar surface area (TPSA) is 86.5 Å². The van der Waals surface area contributed by atoms with Gasteiger partial charge in [0.15, 0.2) is 9.84 Å². The van der Waals surface area contributed by atoms with Crippen LogP contribution >= 0.6 is 0 Å². The predicted molar refractivity (Wildman–Crippen MR) is 64.3 cm³/mol. The van der Waals surface area contributed by atoms with Gasteiger partial charge in [0.1, 0.15) is 0 Å². The molecule has 0 unspecified atom stereocenters. The monoisotopic (exact) mass is 257 g/mol. The van der Waals surface area contributed by atoms with Crippen LogP contribution in [0.15, 0.2) is 23.1 Å². The molecule has 0 amide bonds. The van der Waals surface area contributed by atoms with E-state index in [1.54, 1.807) is 13.0 Å². The molecule has 94 valence electrons. The highest BCUT2D eigenvalue weighted by Gasteiger charge is 2.13. The van der Waals surface area contributed by atoms with Gasteiger partial charge < -0.3 is 10.5 Å². The van der Waals surface area contributed by atoms with E-state index in [0.717, 1.165) is 6.26 Å². The van der Waals surface area contributed by atoms with Crippen molar-refractivity contribution in [1.29, 1.82) is 0 Å². The number of sulfone groups is 1. The maximum atomic E-state index is 11.4. The summed E-state index contributed by atoms with van der Waals surface area (Å²) in [7, 11) is -3.38. The van der Waals surface area contributed by atoms with E-state index in [9.17, 15) is 13.2 Å². The Morgan fingerprint density at radius 3 is 2.59 bits per heavy atom. The first kappa shape index (κ1) is 13.5. The van der Waals surface area contributed by atoms with Gasteiger partial charge in [-0.1, -0.05) is 6.07 Å². The summed E-state index contributed by atoms with van der Waals surface area (Å²) < 4.78 is 27.6. The van der Waals surface area contributed by atoms with Crippen molar-refractivity contribution in [1.82, 2.24) is 0 Å². The van der Waals surface area contributed by atoms with Crippen molar-refractivity contribution in [3.63, 3.8) is 0 Å². The number of hydrogen-bond donors (Lipinski definition) is 1. The molecule has 0 atom stereocenters. The first-order valence-corrected chi connectivity index (χ1v) is 6.97. The van der Waals surface area contributed by atoms with Crippen molar-refractivity contribution in [3.8, 4) is 0 Å². The van der Waals surface area contributed by atoms with Crippen LogP contribution in [0.1, 0.15) is 12.5 Å². The molecule has 0 aliphatic rings. The minimum Gasteiger partial charge on any atom is -0.466 e. The molecule has 6 heteroatoms. The SMILES string of the molecule is CCOC(=O)Cc1ccc(N)c(S(C)(=O)=O)c1. The van der Waals surface area contributed by atoms with Gasteiger partial charge in [0, 0.05) is 6.26 Å². The van der Waals surface area contributed by atoms with Crippen LogP contribution < -0.4 is 5.73 Å². The Balaban J connectivity index is 3.02. The van der Waals surface area contributed by atoms with E-state index in [2.05, 4.69) is 0 Å². The molecule has 0 fully saturated rings. The van der Waals surface area contributed by atoms with Crippen LogP contribution in [0.5, 0.6) is 0 Å². The molecular formula is C11H15NO4S. The van der Waals surface area contributed by atoms with Crippen LogP contribution in [0, 0.1) is 0 Å². The zero-order valence-electron chi connectivity index (χ0n) is 9.76. The summed E-state index contributed by atoms with van der Waals surface area (Å²) in [6.07, 6.45) is 1.11. The molecule has 17 heavy (non-hydrogen) atoms. The van der Waals surface area contributed by atoms with Gasteiger partial charge in [0.2, 0.25) is 0 Å². The number of ether oxygens (including phenoxy) is 1. The molecule has 0 heterocycles. The molecule has 2 N–H and O–H groups in total. The number of hydrogen-bond acceptors (Lipinski definition) is 5. The molecule has 1 aromatic rings. The second-order valence-corrected chi connectivity index (χ2v) is 5.61. The molecule has 5 nitrogen and oxygen atoms in total. The molecule has 0 aromatic heterocycles. The molecule has 0 radical (unpaired) electrons. The molecule has 0 aliphatic carbocycles. The number of nitrogen functional groups attached to an aromatic ring is 1. The van der Waals surface area contributed by atoms with Gasteiger partial charge in [0.05, 0.1) is 23.6 Å². The van der Waals surface area contributed by atoms with Crippen molar-refractivity contribution in [3.05, 3.63) is 23.8 Å². The Kier molecular flexibility index (Phi) is 4.11. The van der Waals surface area contributed by atoms with Crippen molar-refractivity contribution < 1.29 is 17.9 Å². The Hall–Kier alpha value is -1.56.